The van der Waals surface area contributed by atoms with E-state index in [1.54, 1.807) is 25.3 Å². The molecule has 1 aliphatic rings. The van der Waals surface area contributed by atoms with E-state index in [1.807, 2.05) is 25.1 Å². The van der Waals surface area contributed by atoms with E-state index < -0.39 is 6.10 Å². The molecule has 1 amide bonds. The average molecular weight is 298 g/mol. The minimum absolute atomic E-state index is 0.166. The highest BCUT2D eigenvalue weighted by molar-refractivity contribution is 5.98. The Hall–Kier alpha value is -2.69. The Morgan fingerprint density at radius 1 is 1.27 bits per heavy atom. The minimum Gasteiger partial charge on any atom is -0.496 e. The predicted molar refractivity (Wildman–Crippen MR) is 85.3 cm³/mol. The summed E-state index contributed by atoms with van der Waals surface area (Å²) in [6, 6.07) is 11.1. The summed E-state index contributed by atoms with van der Waals surface area (Å²) in [6.45, 7) is 2.00. The van der Waals surface area contributed by atoms with E-state index in [2.05, 4.69) is 5.32 Å². The zero-order chi connectivity index (χ0) is 15.7. The monoisotopic (exact) mass is 298 g/mol. The Bertz CT molecular complexity index is 728. The molecule has 3 N–H and O–H groups in total. The second kappa shape index (κ2) is 5.60. The molecular formula is C17H18N2O3. The second-order valence-electron chi connectivity index (χ2n) is 5.37. The molecule has 0 aliphatic carbocycles. The van der Waals surface area contributed by atoms with Crippen LogP contribution in [0.5, 0.6) is 11.5 Å². The molecule has 1 aliphatic heterocycles. The van der Waals surface area contributed by atoms with Crippen molar-refractivity contribution in [1.29, 1.82) is 0 Å². The van der Waals surface area contributed by atoms with Crippen LogP contribution in [-0.2, 0) is 11.2 Å². The van der Waals surface area contributed by atoms with Gasteiger partial charge in [-0.1, -0.05) is 17.7 Å². The summed E-state index contributed by atoms with van der Waals surface area (Å²) in [6.07, 6.45) is -0.171. The molecule has 0 radical (unpaired) electrons. The van der Waals surface area contributed by atoms with E-state index in [9.17, 15) is 4.79 Å². The van der Waals surface area contributed by atoms with Crippen molar-refractivity contribution in [2.24, 2.45) is 0 Å². The quantitative estimate of drug-likeness (QED) is 0.854. The van der Waals surface area contributed by atoms with Crippen LogP contribution in [0.15, 0.2) is 36.4 Å². The van der Waals surface area contributed by atoms with Crippen LogP contribution in [0.4, 0.5) is 11.4 Å². The Kier molecular flexibility index (Phi) is 3.63. The van der Waals surface area contributed by atoms with Gasteiger partial charge < -0.3 is 20.5 Å². The fourth-order valence-corrected chi connectivity index (χ4v) is 2.56. The lowest BCUT2D eigenvalue weighted by Gasteiger charge is -2.26. The van der Waals surface area contributed by atoms with E-state index in [-0.39, 0.29) is 5.91 Å². The molecule has 0 spiro atoms. The largest absolute Gasteiger partial charge is 0.496 e. The molecule has 3 rings (SSSR count). The standard InChI is InChI=1S/C17H18N2O3/c1-10-3-6-14(21-2)11(7-10)8-16-17(20)19-13-5-4-12(18)9-15(13)22-16/h3-7,9,16H,8,18H2,1-2H3,(H,19,20). The number of nitrogens with two attached hydrogens (primary N) is 1. The molecule has 1 atom stereocenters. The third-order valence-corrected chi connectivity index (χ3v) is 3.67. The first-order valence-electron chi connectivity index (χ1n) is 7.07. The van der Waals surface area contributed by atoms with Crippen LogP contribution in [-0.4, -0.2) is 19.1 Å². The van der Waals surface area contributed by atoms with Crippen molar-refractivity contribution in [2.45, 2.75) is 19.4 Å². The van der Waals surface area contributed by atoms with Crippen LogP contribution < -0.4 is 20.5 Å². The molecule has 2 aromatic carbocycles. The zero-order valence-electron chi connectivity index (χ0n) is 12.6. The van der Waals surface area contributed by atoms with Gasteiger partial charge in [-0.05, 0) is 30.7 Å². The van der Waals surface area contributed by atoms with E-state index in [4.69, 9.17) is 15.2 Å². The fourth-order valence-electron chi connectivity index (χ4n) is 2.56. The van der Waals surface area contributed by atoms with Gasteiger partial charge in [-0.2, -0.15) is 0 Å². The average Bonchev–Trinajstić information content (AvgIpc) is 2.49. The molecule has 0 saturated heterocycles. The number of amides is 1. The summed E-state index contributed by atoms with van der Waals surface area (Å²) < 4.78 is 11.2. The topological polar surface area (TPSA) is 73.6 Å². The smallest absolute Gasteiger partial charge is 0.265 e. The van der Waals surface area contributed by atoms with Gasteiger partial charge in [-0.25, -0.2) is 0 Å². The van der Waals surface area contributed by atoms with E-state index in [0.29, 0.717) is 23.5 Å². The number of carbonyl (C=O) groups is 1. The van der Waals surface area contributed by atoms with Crippen molar-refractivity contribution in [3.63, 3.8) is 0 Å². The Balaban J connectivity index is 1.87. The number of anilines is 2. The number of rotatable bonds is 3. The molecule has 114 valence electrons. The lowest BCUT2D eigenvalue weighted by molar-refractivity contribution is -0.123. The van der Waals surface area contributed by atoms with Gasteiger partial charge in [-0.15, -0.1) is 0 Å². The molecule has 5 nitrogen and oxygen atoms in total. The summed E-state index contributed by atoms with van der Waals surface area (Å²) in [4.78, 5) is 12.2. The zero-order valence-corrected chi connectivity index (χ0v) is 12.6. The summed E-state index contributed by atoms with van der Waals surface area (Å²) in [5, 5.41) is 2.85. The van der Waals surface area contributed by atoms with E-state index >= 15 is 0 Å². The highest BCUT2D eigenvalue weighted by Gasteiger charge is 2.28. The number of nitrogens with one attached hydrogen (secondary N) is 1. The van der Waals surface area contributed by atoms with Crippen molar-refractivity contribution < 1.29 is 14.3 Å². The van der Waals surface area contributed by atoms with Crippen molar-refractivity contribution in [2.75, 3.05) is 18.2 Å². The fraction of sp³-hybridized carbons (Fsp3) is 0.235. The number of hydrogen-bond donors (Lipinski definition) is 2. The Labute approximate surface area is 129 Å². The molecule has 0 aromatic heterocycles. The van der Waals surface area contributed by atoms with Gasteiger partial charge in [0.15, 0.2) is 6.10 Å². The van der Waals surface area contributed by atoms with E-state index in [1.165, 1.54) is 0 Å². The Morgan fingerprint density at radius 3 is 2.86 bits per heavy atom. The van der Waals surface area contributed by atoms with Gasteiger partial charge in [0.2, 0.25) is 0 Å². The normalized spacial score (nSPS) is 16.5. The lowest BCUT2D eigenvalue weighted by Crippen LogP contribution is -2.38. The van der Waals surface area contributed by atoms with Gasteiger partial charge in [0.1, 0.15) is 11.5 Å². The van der Waals surface area contributed by atoms with Crippen LogP contribution >= 0.6 is 0 Å². The maximum absolute atomic E-state index is 12.2. The number of aryl methyl sites for hydroxylation is 1. The summed E-state index contributed by atoms with van der Waals surface area (Å²) in [7, 11) is 1.62. The van der Waals surface area contributed by atoms with Crippen LogP contribution in [0, 0.1) is 6.92 Å². The molecule has 22 heavy (non-hydrogen) atoms. The molecule has 1 heterocycles. The summed E-state index contributed by atoms with van der Waals surface area (Å²) in [5.74, 6) is 1.18. The minimum atomic E-state index is -0.606. The molecule has 0 saturated carbocycles. The SMILES string of the molecule is COc1ccc(C)cc1CC1Oc2cc(N)ccc2NC1=O. The van der Waals surface area contributed by atoms with Crippen molar-refractivity contribution in [3.8, 4) is 11.5 Å². The van der Waals surface area contributed by atoms with Crippen LogP contribution in [0.25, 0.3) is 0 Å². The van der Waals surface area contributed by atoms with Crippen molar-refractivity contribution >= 4 is 17.3 Å². The summed E-state index contributed by atoms with van der Waals surface area (Å²) >= 11 is 0. The lowest BCUT2D eigenvalue weighted by atomic mass is 10.0. The number of hydrogen-bond acceptors (Lipinski definition) is 4. The highest BCUT2D eigenvalue weighted by atomic mass is 16.5. The second-order valence-corrected chi connectivity index (χ2v) is 5.37. The van der Waals surface area contributed by atoms with Crippen LogP contribution in [0.3, 0.4) is 0 Å². The first kappa shape index (κ1) is 14.3. The van der Waals surface area contributed by atoms with Gasteiger partial charge in [0, 0.05) is 18.2 Å². The molecule has 2 aromatic rings. The van der Waals surface area contributed by atoms with Crippen molar-refractivity contribution in [3.05, 3.63) is 47.5 Å². The van der Waals surface area contributed by atoms with Crippen LogP contribution in [0.1, 0.15) is 11.1 Å². The number of carbonyl (C=O) groups excluding carboxylic acids is 1. The molecule has 5 heteroatoms. The number of fused-ring (bicyclic) bond motifs is 1. The first-order valence-corrected chi connectivity index (χ1v) is 7.07. The molecule has 0 bridgehead atoms. The first-order chi connectivity index (χ1) is 10.6. The maximum Gasteiger partial charge on any atom is 0.265 e. The summed E-state index contributed by atoms with van der Waals surface area (Å²) in [5.41, 5.74) is 9.06. The molecule has 1 unspecified atom stereocenters. The predicted octanol–water partition coefficient (Wildman–Crippen LogP) is 2.53. The highest BCUT2D eigenvalue weighted by Crippen LogP contribution is 2.33. The van der Waals surface area contributed by atoms with Crippen molar-refractivity contribution in [1.82, 2.24) is 0 Å². The number of nitrogen functional groups attached to an aromatic ring is 1. The van der Waals surface area contributed by atoms with Gasteiger partial charge >= 0.3 is 0 Å². The number of methoxy groups -OCH3 is 1. The van der Waals surface area contributed by atoms with Gasteiger partial charge in [0.05, 0.1) is 12.8 Å². The molecule has 0 fully saturated rings. The van der Waals surface area contributed by atoms with Crippen LogP contribution in [0.2, 0.25) is 0 Å². The Morgan fingerprint density at radius 2 is 2.09 bits per heavy atom. The maximum atomic E-state index is 12.2. The third kappa shape index (κ3) is 2.70. The van der Waals surface area contributed by atoms with Gasteiger partial charge in [0.25, 0.3) is 5.91 Å². The third-order valence-electron chi connectivity index (χ3n) is 3.67. The number of benzene rings is 2. The van der Waals surface area contributed by atoms with E-state index in [0.717, 1.165) is 16.9 Å². The molecular weight excluding hydrogens is 280 g/mol. The van der Waals surface area contributed by atoms with Gasteiger partial charge in [-0.3, -0.25) is 4.79 Å². The number of ether oxygens (including phenoxy) is 2.